The molecule has 1 aliphatic rings. The monoisotopic (exact) mass is 307 g/mol. The molecule has 6 nitrogen and oxygen atoms in total. The van der Waals surface area contributed by atoms with Crippen molar-refractivity contribution >= 4 is 11.9 Å². The van der Waals surface area contributed by atoms with E-state index in [4.69, 9.17) is 9.47 Å². The van der Waals surface area contributed by atoms with Crippen molar-refractivity contribution in [3.05, 3.63) is 23.8 Å². The Bertz CT molecular complexity index is 570. The van der Waals surface area contributed by atoms with E-state index in [1.54, 1.807) is 30.2 Å². The van der Waals surface area contributed by atoms with Crippen LogP contribution in [0.5, 0.6) is 11.5 Å². The Kier molecular flexibility index (Phi) is 4.90. The van der Waals surface area contributed by atoms with Crippen LogP contribution in [0.2, 0.25) is 0 Å². The maximum absolute atomic E-state index is 12.2. The van der Waals surface area contributed by atoms with Crippen LogP contribution in [-0.4, -0.2) is 42.6 Å². The quantitative estimate of drug-likeness (QED) is 0.901. The molecule has 6 heteroatoms. The van der Waals surface area contributed by atoms with Crippen molar-refractivity contribution in [2.75, 3.05) is 20.8 Å². The van der Waals surface area contributed by atoms with Crippen molar-refractivity contribution in [2.45, 2.75) is 25.8 Å². The van der Waals surface area contributed by atoms with Gasteiger partial charge in [-0.2, -0.15) is 0 Å². The molecule has 1 N–H and O–H groups in total. The zero-order valence-corrected chi connectivity index (χ0v) is 13.0. The minimum absolute atomic E-state index is 0.0325. The van der Waals surface area contributed by atoms with Gasteiger partial charge in [0.25, 0.3) is 0 Å². The highest BCUT2D eigenvalue weighted by Gasteiger charge is 2.41. The lowest BCUT2D eigenvalue weighted by atomic mass is 9.84. The van der Waals surface area contributed by atoms with Gasteiger partial charge in [-0.1, -0.05) is 0 Å². The van der Waals surface area contributed by atoms with Gasteiger partial charge in [-0.3, -0.25) is 9.59 Å². The molecule has 0 spiro atoms. The van der Waals surface area contributed by atoms with E-state index in [9.17, 15) is 14.7 Å². The lowest BCUT2D eigenvalue weighted by Crippen LogP contribution is -2.45. The number of carbonyl (C=O) groups excluding carboxylic acids is 1. The molecule has 0 radical (unpaired) electrons. The summed E-state index contributed by atoms with van der Waals surface area (Å²) in [5.74, 6) is -0.423. The molecule has 1 fully saturated rings. The van der Waals surface area contributed by atoms with Crippen molar-refractivity contribution in [1.82, 2.24) is 4.90 Å². The number of piperidine rings is 1. The number of benzene rings is 1. The SMILES string of the molecule is CCN1C(=O)CC[C@H](C(=O)O)[C@H]1c1cc(OC)ccc1OC. The van der Waals surface area contributed by atoms with Gasteiger partial charge in [0.1, 0.15) is 11.5 Å². The number of likely N-dealkylation sites (tertiary alicyclic amines) is 1. The molecule has 1 aromatic carbocycles. The number of rotatable bonds is 5. The van der Waals surface area contributed by atoms with Gasteiger partial charge < -0.3 is 19.5 Å². The standard InChI is InChI=1S/C16H21NO5/c1-4-17-14(18)8-6-11(16(19)20)15(17)12-9-10(21-2)5-7-13(12)22-3/h5,7,9,11,15H,4,6,8H2,1-3H3,(H,19,20)/t11-,15-/m0/s1. The van der Waals surface area contributed by atoms with Gasteiger partial charge in [-0.15, -0.1) is 0 Å². The Morgan fingerprint density at radius 2 is 2.09 bits per heavy atom. The van der Waals surface area contributed by atoms with E-state index in [1.165, 1.54) is 7.11 Å². The minimum atomic E-state index is -0.902. The largest absolute Gasteiger partial charge is 0.497 e. The van der Waals surface area contributed by atoms with Crippen LogP contribution in [0.25, 0.3) is 0 Å². The second kappa shape index (κ2) is 6.68. The summed E-state index contributed by atoms with van der Waals surface area (Å²) in [4.78, 5) is 25.5. The summed E-state index contributed by atoms with van der Waals surface area (Å²) >= 11 is 0. The zero-order valence-electron chi connectivity index (χ0n) is 13.0. The number of ether oxygens (including phenoxy) is 2. The molecule has 1 aromatic rings. The predicted molar refractivity (Wildman–Crippen MR) is 80.0 cm³/mol. The van der Waals surface area contributed by atoms with Crippen LogP contribution in [0.3, 0.4) is 0 Å². The Hall–Kier alpha value is -2.24. The first-order valence-electron chi connectivity index (χ1n) is 7.27. The van der Waals surface area contributed by atoms with Crippen molar-refractivity contribution in [3.63, 3.8) is 0 Å². The summed E-state index contributed by atoms with van der Waals surface area (Å²) in [5, 5.41) is 9.55. The predicted octanol–water partition coefficient (Wildman–Crippen LogP) is 2.09. The molecule has 0 aromatic heterocycles. The first-order chi connectivity index (χ1) is 10.5. The molecule has 1 aliphatic heterocycles. The summed E-state index contributed by atoms with van der Waals surface area (Å²) in [6.45, 7) is 2.30. The highest BCUT2D eigenvalue weighted by Crippen LogP contribution is 2.41. The van der Waals surface area contributed by atoms with E-state index >= 15 is 0 Å². The Morgan fingerprint density at radius 3 is 2.64 bits per heavy atom. The molecule has 120 valence electrons. The molecule has 1 heterocycles. The number of amides is 1. The van der Waals surface area contributed by atoms with Gasteiger partial charge in [0.15, 0.2) is 0 Å². The lowest BCUT2D eigenvalue weighted by Gasteiger charge is -2.39. The number of carbonyl (C=O) groups is 2. The third-order valence-corrected chi connectivity index (χ3v) is 4.12. The Labute approximate surface area is 129 Å². The fourth-order valence-electron chi connectivity index (χ4n) is 3.04. The average Bonchev–Trinajstić information content (AvgIpc) is 2.53. The molecular weight excluding hydrogens is 286 g/mol. The Balaban J connectivity index is 2.56. The molecule has 2 rings (SSSR count). The first-order valence-corrected chi connectivity index (χ1v) is 7.27. The number of hydrogen-bond donors (Lipinski definition) is 1. The second-order valence-electron chi connectivity index (χ2n) is 5.22. The minimum Gasteiger partial charge on any atom is -0.497 e. The third-order valence-electron chi connectivity index (χ3n) is 4.12. The van der Waals surface area contributed by atoms with Crippen LogP contribution in [-0.2, 0) is 9.59 Å². The third kappa shape index (κ3) is 2.86. The van der Waals surface area contributed by atoms with Gasteiger partial charge in [0.05, 0.1) is 26.2 Å². The molecule has 0 saturated carbocycles. The number of carboxylic acid groups (broad SMARTS) is 1. The maximum atomic E-state index is 12.2. The van der Waals surface area contributed by atoms with Crippen LogP contribution in [0.1, 0.15) is 31.4 Å². The smallest absolute Gasteiger partial charge is 0.308 e. The normalized spacial score (nSPS) is 21.6. The van der Waals surface area contributed by atoms with Crippen LogP contribution < -0.4 is 9.47 Å². The molecule has 2 atom stereocenters. The van der Waals surface area contributed by atoms with Crippen molar-refractivity contribution in [3.8, 4) is 11.5 Å². The second-order valence-corrected chi connectivity index (χ2v) is 5.22. The van der Waals surface area contributed by atoms with Crippen LogP contribution >= 0.6 is 0 Å². The van der Waals surface area contributed by atoms with Gasteiger partial charge in [0, 0.05) is 18.5 Å². The van der Waals surface area contributed by atoms with E-state index in [1.807, 2.05) is 6.92 Å². The van der Waals surface area contributed by atoms with E-state index in [2.05, 4.69) is 0 Å². The zero-order chi connectivity index (χ0) is 16.3. The number of methoxy groups -OCH3 is 2. The van der Waals surface area contributed by atoms with Gasteiger partial charge in [-0.05, 0) is 31.5 Å². The molecule has 1 amide bonds. The summed E-state index contributed by atoms with van der Waals surface area (Å²) in [5.41, 5.74) is 0.671. The van der Waals surface area contributed by atoms with Crippen LogP contribution in [0.4, 0.5) is 0 Å². The van der Waals surface area contributed by atoms with E-state index < -0.39 is 17.9 Å². The average molecular weight is 307 g/mol. The van der Waals surface area contributed by atoms with E-state index in [-0.39, 0.29) is 12.3 Å². The molecule has 0 aliphatic carbocycles. The molecule has 22 heavy (non-hydrogen) atoms. The summed E-state index contributed by atoms with van der Waals surface area (Å²) in [7, 11) is 3.08. The summed E-state index contributed by atoms with van der Waals surface area (Å²) < 4.78 is 10.6. The number of aliphatic carboxylic acids is 1. The fraction of sp³-hybridized carbons (Fsp3) is 0.500. The highest BCUT2D eigenvalue weighted by molar-refractivity contribution is 5.82. The van der Waals surface area contributed by atoms with Crippen molar-refractivity contribution < 1.29 is 24.2 Å². The van der Waals surface area contributed by atoms with Crippen molar-refractivity contribution in [1.29, 1.82) is 0 Å². The van der Waals surface area contributed by atoms with Gasteiger partial charge >= 0.3 is 5.97 Å². The summed E-state index contributed by atoms with van der Waals surface area (Å²) in [6, 6.07) is 4.69. The van der Waals surface area contributed by atoms with Crippen LogP contribution in [0.15, 0.2) is 18.2 Å². The first kappa shape index (κ1) is 16.1. The highest BCUT2D eigenvalue weighted by atomic mass is 16.5. The fourth-order valence-corrected chi connectivity index (χ4v) is 3.04. The number of nitrogens with zero attached hydrogens (tertiary/aromatic N) is 1. The van der Waals surface area contributed by atoms with Crippen LogP contribution in [0, 0.1) is 5.92 Å². The van der Waals surface area contributed by atoms with E-state index in [0.29, 0.717) is 30.0 Å². The lowest BCUT2D eigenvalue weighted by molar-refractivity contribution is -0.151. The molecular formula is C16H21NO5. The summed E-state index contributed by atoms with van der Waals surface area (Å²) in [6.07, 6.45) is 0.587. The van der Waals surface area contributed by atoms with Gasteiger partial charge in [-0.25, -0.2) is 0 Å². The topological polar surface area (TPSA) is 76.1 Å². The number of hydrogen-bond acceptors (Lipinski definition) is 4. The van der Waals surface area contributed by atoms with E-state index in [0.717, 1.165) is 0 Å². The molecule has 0 unspecified atom stereocenters. The van der Waals surface area contributed by atoms with Gasteiger partial charge in [0.2, 0.25) is 5.91 Å². The molecule has 1 saturated heterocycles. The van der Waals surface area contributed by atoms with Crippen molar-refractivity contribution in [2.24, 2.45) is 5.92 Å². The molecule has 0 bridgehead atoms. The Morgan fingerprint density at radius 1 is 1.36 bits per heavy atom. The maximum Gasteiger partial charge on any atom is 0.308 e. The number of carboxylic acids is 1.